The molecule has 86 valence electrons. The predicted molar refractivity (Wildman–Crippen MR) is 57.7 cm³/mol. The van der Waals surface area contributed by atoms with E-state index in [1.807, 2.05) is 0 Å². The second-order valence-corrected chi connectivity index (χ2v) is 5.72. The Labute approximate surface area is 90.4 Å². The van der Waals surface area contributed by atoms with Crippen molar-refractivity contribution in [1.29, 1.82) is 0 Å². The molecule has 0 spiro atoms. The molecule has 1 unspecified atom stereocenters. The van der Waals surface area contributed by atoms with Gasteiger partial charge in [0.1, 0.15) is 0 Å². The van der Waals surface area contributed by atoms with Crippen molar-refractivity contribution < 1.29 is 9.90 Å². The van der Waals surface area contributed by atoms with Crippen LogP contribution in [0, 0.1) is 11.3 Å². The largest absolute Gasteiger partial charge is 0.481 e. The molecule has 1 aliphatic carbocycles. The highest BCUT2D eigenvalue weighted by molar-refractivity contribution is 5.68. The molecular weight excluding hydrogens is 192 g/mol. The Hall–Kier alpha value is -0.610. The molecule has 4 heteroatoms. The van der Waals surface area contributed by atoms with E-state index in [0.717, 1.165) is 25.6 Å². The van der Waals surface area contributed by atoms with E-state index in [-0.39, 0.29) is 12.0 Å². The Morgan fingerprint density at radius 1 is 1.53 bits per heavy atom. The van der Waals surface area contributed by atoms with Crippen molar-refractivity contribution in [2.75, 3.05) is 19.6 Å². The van der Waals surface area contributed by atoms with E-state index in [4.69, 9.17) is 5.11 Å². The maximum atomic E-state index is 10.7. The first-order valence-corrected chi connectivity index (χ1v) is 5.61. The number of rotatable bonds is 5. The van der Waals surface area contributed by atoms with Gasteiger partial charge in [0.15, 0.2) is 0 Å². The Kier molecular flexibility index (Phi) is 2.51. The van der Waals surface area contributed by atoms with Crippen molar-refractivity contribution in [3.05, 3.63) is 0 Å². The number of nitrogens with one attached hydrogen (secondary N) is 2. The van der Waals surface area contributed by atoms with Crippen molar-refractivity contribution in [3.63, 3.8) is 0 Å². The first kappa shape index (κ1) is 10.9. The molecule has 1 heterocycles. The number of hydrogen-bond donors (Lipinski definition) is 3. The number of carboxylic acids is 1. The molecule has 0 aromatic heterocycles. The Morgan fingerprint density at radius 2 is 2.13 bits per heavy atom. The van der Waals surface area contributed by atoms with Crippen LogP contribution in [-0.2, 0) is 4.79 Å². The van der Waals surface area contributed by atoms with Crippen LogP contribution in [0.4, 0.5) is 0 Å². The van der Waals surface area contributed by atoms with E-state index in [2.05, 4.69) is 24.5 Å². The van der Waals surface area contributed by atoms with Gasteiger partial charge in [-0.1, -0.05) is 13.8 Å². The molecule has 0 amide bonds. The van der Waals surface area contributed by atoms with Crippen LogP contribution >= 0.6 is 0 Å². The third-order valence-corrected chi connectivity index (χ3v) is 3.86. The third-order valence-electron chi connectivity index (χ3n) is 3.86. The lowest BCUT2D eigenvalue weighted by Crippen LogP contribution is -2.68. The van der Waals surface area contributed by atoms with Crippen LogP contribution in [0.1, 0.15) is 26.7 Å². The van der Waals surface area contributed by atoms with Gasteiger partial charge in [0.25, 0.3) is 0 Å². The predicted octanol–water partition coefficient (Wildman–Crippen LogP) is 0.439. The zero-order valence-electron chi connectivity index (χ0n) is 9.47. The first-order chi connectivity index (χ1) is 6.94. The maximum absolute atomic E-state index is 10.7. The molecular formula is C11H20N2O2. The average molecular weight is 212 g/mol. The summed E-state index contributed by atoms with van der Waals surface area (Å²) in [7, 11) is 0. The summed E-state index contributed by atoms with van der Waals surface area (Å²) in [6.45, 7) is 7.06. The molecule has 15 heavy (non-hydrogen) atoms. The lowest BCUT2D eigenvalue weighted by Gasteiger charge is -2.42. The normalized spacial score (nSPS) is 30.7. The van der Waals surface area contributed by atoms with E-state index in [1.54, 1.807) is 0 Å². The summed E-state index contributed by atoms with van der Waals surface area (Å²) in [4.78, 5) is 10.7. The fourth-order valence-corrected chi connectivity index (χ4v) is 2.29. The topological polar surface area (TPSA) is 61.4 Å². The molecule has 0 aromatic carbocycles. The quantitative estimate of drug-likeness (QED) is 0.619. The first-order valence-electron chi connectivity index (χ1n) is 5.61. The van der Waals surface area contributed by atoms with Crippen molar-refractivity contribution in [2.45, 2.75) is 32.2 Å². The van der Waals surface area contributed by atoms with Gasteiger partial charge in [-0.15, -0.1) is 0 Å². The highest BCUT2D eigenvalue weighted by atomic mass is 16.4. The number of aliphatic carboxylic acids is 1. The minimum absolute atomic E-state index is 0.176. The highest BCUT2D eigenvalue weighted by Gasteiger charge is 2.47. The summed E-state index contributed by atoms with van der Waals surface area (Å²) >= 11 is 0. The van der Waals surface area contributed by atoms with Gasteiger partial charge in [-0.3, -0.25) is 4.79 Å². The van der Waals surface area contributed by atoms with Crippen molar-refractivity contribution in [1.82, 2.24) is 10.6 Å². The lowest BCUT2D eigenvalue weighted by molar-refractivity contribution is -0.139. The van der Waals surface area contributed by atoms with Gasteiger partial charge in [-0.2, -0.15) is 0 Å². The summed E-state index contributed by atoms with van der Waals surface area (Å²) in [6, 6.07) is 0. The molecule has 1 saturated heterocycles. The van der Waals surface area contributed by atoms with Crippen LogP contribution in [0.2, 0.25) is 0 Å². The number of carboxylic acid groups (broad SMARTS) is 1. The fourth-order valence-electron chi connectivity index (χ4n) is 2.29. The zero-order valence-corrected chi connectivity index (χ0v) is 9.47. The van der Waals surface area contributed by atoms with Crippen molar-refractivity contribution in [2.24, 2.45) is 11.3 Å². The van der Waals surface area contributed by atoms with Crippen LogP contribution < -0.4 is 10.6 Å². The molecule has 3 N–H and O–H groups in total. The van der Waals surface area contributed by atoms with Gasteiger partial charge in [-0.05, 0) is 24.3 Å². The molecule has 1 aliphatic heterocycles. The third kappa shape index (κ3) is 2.32. The van der Waals surface area contributed by atoms with Gasteiger partial charge < -0.3 is 15.7 Å². The molecule has 2 rings (SSSR count). The average Bonchev–Trinajstić information content (AvgIpc) is 2.64. The summed E-state index contributed by atoms with van der Waals surface area (Å²) in [5.74, 6) is 0.0165. The van der Waals surface area contributed by atoms with Gasteiger partial charge in [-0.25, -0.2) is 0 Å². The molecule has 2 aliphatic rings. The summed E-state index contributed by atoms with van der Waals surface area (Å²) in [6.07, 6.45) is 1.49. The second kappa shape index (κ2) is 3.46. The molecule has 2 fully saturated rings. The number of carbonyl (C=O) groups is 1. The van der Waals surface area contributed by atoms with E-state index in [0.29, 0.717) is 5.41 Å². The Balaban J connectivity index is 1.79. The fraction of sp³-hybridized carbons (Fsp3) is 0.909. The smallest absolute Gasteiger partial charge is 0.305 e. The van der Waals surface area contributed by atoms with Crippen LogP contribution in [0.5, 0.6) is 0 Å². The molecule has 1 saturated carbocycles. The Morgan fingerprint density at radius 3 is 2.47 bits per heavy atom. The number of hydrogen-bond acceptors (Lipinski definition) is 3. The van der Waals surface area contributed by atoms with E-state index < -0.39 is 5.97 Å². The van der Waals surface area contributed by atoms with Crippen molar-refractivity contribution >= 4 is 5.97 Å². The van der Waals surface area contributed by atoms with Crippen LogP contribution in [0.25, 0.3) is 0 Å². The minimum atomic E-state index is -0.709. The molecule has 0 bridgehead atoms. The molecule has 0 radical (unpaired) electrons. The summed E-state index contributed by atoms with van der Waals surface area (Å²) in [5.41, 5.74) is 0.291. The minimum Gasteiger partial charge on any atom is -0.481 e. The van der Waals surface area contributed by atoms with Gasteiger partial charge in [0, 0.05) is 13.1 Å². The van der Waals surface area contributed by atoms with Gasteiger partial charge in [0.2, 0.25) is 0 Å². The maximum Gasteiger partial charge on any atom is 0.305 e. The van der Waals surface area contributed by atoms with Crippen LogP contribution in [-0.4, -0.2) is 36.2 Å². The second-order valence-electron chi connectivity index (χ2n) is 5.72. The highest BCUT2D eigenvalue weighted by Crippen LogP contribution is 2.51. The SMILES string of the molecule is CC1(C)CC1CNC1(CC(=O)O)CNC1. The monoisotopic (exact) mass is 212 g/mol. The van der Waals surface area contributed by atoms with Crippen LogP contribution in [0.15, 0.2) is 0 Å². The molecule has 0 aromatic rings. The van der Waals surface area contributed by atoms with E-state index >= 15 is 0 Å². The molecule has 4 nitrogen and oxygen atoms in total. The van der Waals surface area contributed by atoms with Crippen molar-refractivity contribution in [3.8, 4) is 0 Å². The van der Waals surface area contributed by atoms with Gasteiger partial charge >= 0.3 is 5.97 Å². The van der Waals surface area contributed by atoms with E-state index in [1.165, 1.54) is 6.42 Å². The standard InChI is InChI=1S/C11H20N2O2/c1-10(2)3-8(10)5-13-11(4-9(14)15)6-12-7-11/h8,12-13H,3-7H2,1-2H3,(H,14,15). The molecule has 1 atom stereocenters. The Bertz CT molecular complexity index is 272. The summed E-state index contributed by atoms with van der Waals surface area (Å²) < 4.78 is 0. The summed E-state index contributed by atoms with van der Waals surface area (Å²) in [5, 5.41) is 15.4. The van der Waals surface area contributed by atoms with Gasteiger partial charge in [0.05, 0.1) is 12.0 Å². The zero-order chi connectivity index (χ0) is 11.1. The van der Waals surface area contributed by atoms with E-state index in [9.17, 15) is 4.79 Å². The van der Waals surface area contributed by atoms with Crippen LogP contribution in [0.3, 0.4) is 0 Å². The lowest BCUT2D eigenvalue weighted by atomic mass is 9.88.